The molecular weight excluding hydrogens is 282 g/mol. The molecule has 3 aromatic rings. The Morgan fingerprint density at radius 2 is 1.91 bits per heavy atom. The van der Waals surface area contributed by atoms with Gasteiger partial charge < -0.3 is 11.1 Å². The maximum Gasteiger partial charge on any atom is 0.257 e. The number of aromatic nitrogens is 3. The first-order valence-corrected chi connectivity index (χ1v) is 6.58. The zero-order valence-electron chi connectivity index (χ0n) is 11.8. The molecule has 22 heavy (non-hydrogen) atoms. The maximum atomic E-state index is 12.3. The highest BCUT2D eigenvalue weighted by Crippen LogP contribution is 2.16. The van der Waals surface area contributed by atoms with Crippen molar-refractivity contribution in [3.05, 3.63) is 59.5 Å². The lowest BCUT2D eigenvalue weighted by molar-refractivity contribution is 0.100. The lowest BCUT2D eigenvalue weighted by atomic mass is 10.1. The van der Waals surface area contributed by atoms with Crippen LogP contribution in [0.1, 0.15) is 26.5 Å². The van der Waals surface area contributed by atoms with Crippen LogP contribution in [0.3, 0.4) is 0 Å². The molecule has 2 amide bonds. The van der Waals surface area contributed by atoms with Crippen LogP contribution >= 0.6 is 0 Å². The smallest absolute Gasteiger partial charge is 0.257 e. The summed E-state index contributed by atoms with van der Waals surface area (Å²) in [5, 5.41) is 10.6. The van der Waals surface area contributed by atoms with Crippen molar-refractivity contribution >= 4 is 23.1 Å². The van der Waals surface area contributed by atoms with Crippen LogP contribution in [0.25, 0.3) is 5.65 Å². The zero-order chi connectivity index (χ0) is 15.7. The molecule has 0 atom stereocenters. The first kappa shape index (κ1) is 13.7. The number of carbonyl (C=O) groups excluding carboxylic acids is 2. The van der Waals surface area contributed by atoms with Crippen molar-refractivity contribution in [1.82, 2.24) is 14.6 Å². The van der Waals surface area contributed by atoms with Gasteiger partial charge in [0.2, 0.25) is 0 Å². The predicted molar refractivity (Wildman–Crippen MR) is 80.6 cm³/mol. The van der Waals surface area contributed by atoms with Gasteiger partial charge in [0.25, 0.3) is 11.8 Å². The van der Waals surface area contributed by atoms with Gasteiger partial charge in [0.1, 0.15) is 5.82 Å². The van der Waals surface area contributed by atoms with E-state index in [2.05, 4.69) is 15.5 Å². The summed E-state index contributed by atoms with van der Waals surface area (Å²) in [7, 11) is 0. The third kappa shape index (κ3) is 2.39. The fourth-order valence-electron chi connectivity index (χ4n) is 2.14. The van der Waals surface area contributed by atoms with Gasteiger partial charge in [-0.05, 0) is 31.2 Å². The van der Waals surface area contributed by atoms with E-state index >= 15 is 0 Å². The first-order chi connectivity index (χ1) is 10.6. The topological polar surface area (TPSA) is 102 Å². The number of nitrogens with one attached hydrogen (secondary N) is 1. The number of primary amides is 1. The average molecular weight is 295 g/mol. The van der Waals surface area contributed by atoms with Crippen molar-refractivity contribution < 1.29 is 9.59 Å². The van der Waals surface area contributed by atoms with Crippen molar-refractivity contribution in [3.8, 4) is 0 Å². The van der Waals surface area contributed by atoms with Crippen LogP contribution in [-0.2, 0) is 0 Å². The fourth-order valence-corrected chi connectivity index (χ4v) is 2.14. The van der Waals surface area contributed by atoms with E-state index in [1.165, 1.54) is 0 Å². The molecule has 0 radical (unpaired) electrons. The highest BCUT2D eigenvalue weighted by molar-refractivity contribution is 6.08. The molecule has 0 aliphatic heterocycles. The van der Waals surface area contributed by atoms with Gasteiger partial charge in [0.15, 0.2) is 5.65 Å². The van der Waals surface area contributed by atoms with Crippen LogP contribution < -0.4 is 11.1 Å². The normalized spacial score (nSPS) is 10.6. The van der Waals surface area contributed by atoms with Gasteiger partial charge in [-0.2, -0.15) is 0 Å². The summed E-state index contributed by atoms with van der Waals surface area (Å²) in [6, 6.07) is 9.93. The van der Waals surface area contributed by atoms with E-state index in [0.717, 1.165) is 0 Å². The standard InChI is InChI=1S/C15H13N5O2/c1-9-18-19-13-7-6-10(8-20(9)13)15(22)17-12-5-3-2-4-11(12)14(16)21/h2-8H,1H3,(H2,16,21)(H,17,22). The monoisotopic (exact) mass is 295 g/mol. The average Bonchev–Trinajstić information content (AvgIpc) is 2.88. The molecule has 0 saturated carbocycles. The molecule has 1 aromatic carbocycles. The molecule has 7 heteroatoms. The Morgan fingerprint density at radius 3 is 2.68 bits per heavy atom. The van der Waals surface area contributed by atoms with Crippen LogP contribution in [0.15, 0.2) is 42.6 Å². The number of nitrogens with two attached hydrogens (primary N) is 1. The molecule has 0 spiro atoms. The van der Waals surface area contributed by atoms with Gasteiger partial charge in [0, 0.05) is 6.20 Å². The van der Waals surface area contributed by atoms with Gasteiger partial charge in [0.05, 0.1) is 16.8 Å². The summed E-state index contributed by atoms with van der Waals surface area (Å²) in [4.78, 5) is 23.7. The number of hydrogen-bond donors (Lipinski definition) is 2. The minimum absolute atomic E-state index is 0.261. The third-order valence-corrected chi connectivity index (χ3v) is 3.28. The lowest BCUT2D eigenvalue weighted by Gasteiger charge is -2.09. The molecule has 7 nitrogen and oxygen atoms in total. The number of pyridine rings is 1. The Kier molecular flexibility index (Phi) is 3.30. The van der Waals surface area contributed by atoms with Gasteiger partial charge >= 0.3 is 0 Å². The molecule has 0 bridgehead atoms. The SMILES string of the molecule is Cc1nnc2ccc(C(=O)Nc3ccccc3C(N)=O)cn12. The number of hydrogen-bond acceptors (Lipinski definition) is 4. The van der Waals surface area contributed by atoms with Crippen molar-refractivity contribution in [2.24, 2.45) is 5.73 Å². The second-order valence-corrected chi connectivity index (χ2v) is 4.76. The quantitative estimate of drug-likeness (QED) is 0.762. The summed E-state index contributed by atoms with van der Waals surface area (Å²) >= 11 is 0. The van der Waals surface area contributed by atoms with Gasteiger partial charge in [-0.3, -0.25) is 14.0 Å². The molecule has 2 heterocycles. The molecular formula is C15H13N5O2. The number of anilines is 1. The summed E-state index contributed by atoms with van der Waals surface area (Å²) in [6.07, 6.45) is 1.65. The van der Waals surface area contributed by atoms with Crippen LogP contribution in [0.4, 0.5) is 5.69 Å². The highest BCUT2D eigenvalue weighted by atomic mass is 16.2. The van der Waals surface area contributed by atoms with E-state index in [0.29, 0.717) is 22.7 Å². The number of fused-ring (bicyclic) bond motifs is 1. The molecule has 2 aromatic heterocycles. The van der Waals surface area contributed by atoms with Gasteiger partial charge in [-0.1, -0.05) is 12.1 Å². The second kappa shape index (κ2) is 5.28. The predicted octanol–water partition coefficient (Wildman–Crippen LogP) is 1.39. The molecule has 0 fully saturated rings. The van der Waals surface area contributed by atoms with E-state index in [-0.39, 0.29) is 11.5 Å². The van der Waals surface area contributed by atoms with Crippen LogP contribution in [0, 0.1) is 6.92 Å². The minimum Gasteiger partial charge on any atom is -0.366 e. The molecule has 3 N–H and O–H groups in total. The number of aryl methyl sites for hydroxylation is 1. The van der Waals surface area contributed by atoms with Crippen molar-refractivity contribution in [2.75, 3.05) is 5.32 Å². The number of benzene rings is 1. The molecule has 0 saturated heterocycles. The Bertz CT molecular complexity index is 885. The van der Waals surface area contributed by atoms with Crippen LogP contribution in [-0.4, -0.2) is 26.4 Å². The van der Waals surface area contributed by atoms with E-state index < -0.39 is 5.91 Å². The van der Waals surface area contributed by atoms with E-state index in [9.17, 15) is 9.59 Å². The number of amides is 2. The van der Waals surface area contributed by atoms with E-state index in [1.54, 1.807) is 53.9 Å². The van der Waals surface area contributed by atoms with E-state index in [1.807, 2.05) is 0 Å². The third-order valence-electron chi connectivity index (χ3n) is 3.28. The molecule has 3 rings (SSSR count). The van der Waals surface area contributed by atoms with Gasteiger partial charge in [-0.25, -0.2) is 0 Å². The van der Waals surface area contributed by atoms with Crippen molar-refractivity contribution in [1.29, 1.82) is 0 Å². The van der Waals surface area contributed by atoms with Crippen LogP contribution in [0.2, 0.25) is 0 Å². The highest BCUT2D eigenvalue weighted by Gasteiger charge is 2.13. The molecule has 0 aliphatic carbocycles. The molecule has 0 unspecified atom stereocenters. The second-order valence-electron chi connectivity index (χ2n) is 4.76. The Hall–Kier alpha value is -3.22. The lowest BCUT2D eigenvalue weighted by Crippen LogP contribution is -2.18. The molecule has 110 valence electrons. The van der Waals surface area contributed by atoms with Crippen molar-refractivity contribution in [2.45, 2.75) is 6.92 Å². The first-order valence-electron chi connectivity index (χ1n) is 6.58. The van der Waals surface area contributed by atoms with Gasteiger partial charge in [-0.15, -0.1) is 10.2 Å². The summed E-state index contributed by atoms with van der Waals surface area (Å²) in [6.45, 7) is 1.80. The van der Waals surface area contributed by atoms with Crippen molar-refractivity contribution in [3.63, 3.8) is 0 Å². The summed E-state index contributed by atoms with van der Waals surface area (Å²) in [5.41, 5.74) is 7.02. The summed E-state index contributed by atoms with van der Waals surface area (Å²) < 4.78 is 1.72. The number of para-hydroxylation sites is 1. The van der Waals surface area contributed by atoms with E-state index in [4.69, 9.17) is 5.73 Å². The number of nitrogens with zero attached hydrogens (tertiary/aromatic N) is 3. The number of carbonyl (C=O) groups is 2. The number of rotatable bonds is 3. The Labute approximate surface area is 125 Å². The Morgan fingerprint density at radius 1 is 1.14 bits per heavy atom. The maximum absolute atomic E-state index is 12.3. The summed E-state index contributed by atoms with van der Waals surface area (Å²) in [5.74, 6) is -0.258. The minimum atomic E-state index is -0.596. The zero-order valence-corrected chi connectivity index (χ0v) is 11.8. The Balaban J connectivity index is 1.93. The largest absolute Gasteiger partial charge is 0.366 e. The molecule has 0 aliphatic rings. The fraction of sp³-hybridized carbons (Fsp3) is 0.0667. The van der Waals surface area contributed by atoms with Crippen LogP contribution in [0.5, 0.6) is 0 Å².